The minimum atomic E-state index is -0.959. The first-order valence-corrected chi connectivity index (χ1v) is 11.8. The summed E-state index contributed by atoms with van der Waals surface area (Å²) in [5.74, 6) is -1.75. The Labute approximate surface area is 200 Å². The van der Waals surface area contributed by atoms with Gasteiger partial charge in [0.25, 0.3) is 0 Å². The number of hydrogen-bond acceptors (Lipinski definition) is 4. The van der Waals surface area contributed by atoms with Gasteiger partial charge < -0.3 is 20.1 Å². The maximum Gasteiger partial charge on any atom is 0.407 e. The zero-order chi connectivity index (χ0) is 24.6. The van der Waals surface area contributed by atoms with Gasteiger partial charge in [0, 0.05) is 25.0 Å². The summed E-state index contributed by atoms with van der Waals surface area (Å²) in [7, 11) is 0. The summed E-state index contributed by atoms with van der Waals surface area (Å²) in [6.45, 7) is 7.81. The highest BCUT2D eigenvalue weighted by Gasteiger charge is 2.48. The second-order valence-corrected chi connectivity index (χ2v) is 9.89. The molecule has 7 heteroatoms. The van der Waals surface area contributed by atoms with Crippen LogP contribution in [0, 0.1) is 17.3 Å². The average molecular weight is 465 g/mol. The number of fused-ring (bicyclic) bond motifs is 3. The quantitative estimate of drug-likeness (QED) is 0.671. The van der Waals surface area contributed by atoms with Crippen LogP contribution in [0.15, 0.2) is 48.5 Å². The predicted octanol–water partition coefficient (Wildman–Crippen LogP) is 4.12. The van der Waals surface area contributed by atoms with E-state index in [-0.39, 0.29) is 30.9 Å². The summed E-state index contributed by atoms with van der Waals surface area (Å²) < 4.78 is 5.59. The molecule has 4 atom stereocenters. The van der Waals surface area contributed by atoms with Gasteiger partial charge in [-0.05, 0) is 42.0 Å². The number of hydrogen-bond donors (Lipinski definition) is 2. The molecule has 34 heavy (non-hydrogen) atoms. The maximum absolute atomic E-state index is 13.0. The average Bonchev–Trinajstić information content (AvgIpc) is 3.31. The lowest BCUT2D eigenvalue weighted by molar-refractivity contribution is -0.149. The molecule has 4 unspecified atom stereocenters. The smallest absolute Gasteiger partial charge is 0.407 e. The Balaban J connectivity index is 1.35. The second kappa shape index (κ2) is 9.12. The number of carboxylic acids is 1. The van der Waals surface area contributed by atoms with Crippen molar-refractivity contribution in [1.82, 2.24) is 10.2 Å². The Morgan fingerprint density at radius 3 is 2.18 bits per heavy atom. The molecule has 0 radical (unpaired) electrons. The van der Waals surface area contributed by atoms with Crippen LogP contribution in [0.2, 0.25) is 0 Å². The monoisotopic (exact) mass is 464 g/mol. The van der Waals surface area contributed by atoms with E-state index in [0.717, 1.165) is 22.3 Å². The molecule has 1 fully saturated rings. The predicted molar refractivity (Wildman–Crippen MR) is 128 cm³/mol. The number of benzene rings is 2. The van der Waals surface area contributed by atoms with Crippen molar-refractivity contribution in [3.63, 3.8) is 0 Å². The van der Waals surface area contributed by atoms with Crippen molar-refractivity contribution in [2.75, 3.05) is 19.7 Å². The summed E-state index contributed by atoms with van der Waals surface area (Å²) in [5.41, 5.74) is 3.63. The fourth-order valence-electron chi connectivity index (χ4n) is 5.05. The van der Waals surface area contributed by atoms with E-state index < -0.39 is 29.4 Å². The minimum absolute atomic E-state index is 0.0349. The number of amides is 2. The molecule has 0 aromatic heterocycles. The highest BCUT2D eigenvalue weighted by Crippen LogP contribution is 2.44. The van der Waals surface area contributed by atoms with Crippen LogP contribution in [0.1, 0.15) is 44.7 Å². The van der Waals surface area contributed by atoms with E-state index in [9.17, 15) is 19.5 Å². The number of alkyl carbamates (subject to hydrolysis) is 1. The van der Waals surface area contributed by atoms with E-state index in [0.29, 0.717) is 6.54 Å². The van der Waals surface area contributed by atoms with Gasteiger partial charge in [0.15, 0.2) is 0 Å². The molecule has 0 bridgehead atoms. The summed E-state index contributed by atoms with van der Waals surface area (Å²) in [4.78, 5) is 38.9. The van der Waals surface area contributed by atoms with E-state index in [1.54, 1.807) is 25.7 Å². The molecule has 4 rings (SSSR count). The van der Waals surface area contributed by atoms with Gasteiger partial charge in [-0.2, -0.15) is 0 Å². The van der Waals surface area contributed by atoms with E-state index in [1.807, 2.05) is 31.2 Å². The van der Waals surface area contributed by atoms with Crippen molar-refractivity contribution in [3.05, 3.63) is 59.7 Å². The van der Waals surface area contributed by atoms with Crippen LogP contribution < -0.4 is 5.32 Å². The number of ether oxygens (including phenoxy) is 1. The van der Waals surface area contributed by atoms with Gasteiger partial charge in [-0.1, -0.05) is 62.4 Å². The van der Waals surface area contributed by atoms with Gasteiger partial charge in [-0.3, -0.25) is 9.59 Å². The number of rotatable bonds is 6. The highest BCUT2D eigenvalue weighted by atomic mass is 16.5. The number of aliphatic carboxylic acids is 1. The molecule has 2 aromatic rings. The molecule has 180 valence electrons. The molecule has 2 N–H and O–H groups in total. The summed E-state index contributed by atoms with van der Waals surface area (Å²) in [5, 5.41) is 12.4. The van der Waals surface area contributed by atoms with Gasteiger partial charge in [0.2, 0.25) is 5.91 Å². The van der Waals surface area contributed by atoms with E-state index >= 15 is 0 Å². The molecule has 1 saturated heterocycles. The fraction of sp³-hybridized carbons (Fsp3) is 0.444. The van der Waals surface area contributed by atoms with E-state index in [1.165, 1.54) is 0 Å². The van der Waals surface area contributed by atoms with Gasteiger partial charge in [-0.15, -0.1) is 0 Å². The maximum atomic E-state index is 13.0. The van der Waals surface area contributed by atoms with Crippen LogP contribution in [-0.4, -0.2) is 53.7 Å². The molecular weight excluding hydrogens is 432 g/mol. The van der Waals surface area contributed by atoms with Crippen molar-refractivity contribution in [2.24, 2.45) is 17.3 Å². The van der Waals surface area contributed by atoms with Crippen molar-refractivity contribution >= 4 is 18.0 Å². The number of carbonyl (C=O) groups is 3. The second-order valence-electron chi connectivity index (χ2n) is 9.89. The largest absolute Gasteiger partial charge is 0.481 e. The topological polar surface area (TPSA) is 95.9 Å². The van der Waals surface area contributed by atoms with Crippen LogP contribution >= 0.6 is 0 Å². The van der Waals surface area contributed by atoms with Crippen molar-refractivity contribution in [3.8, 4) is 11.1 Å². The number of carboxylic acid groups (broad SMARTS) is 1. The molecule has 7 nitrogen and oxygen atoms in total. The zero-order valence-electron chi connectivity index (χ0n) is 20.1. The first-order chi connectivity index (χ1) is 16.1. The van der Waals surface area contributed by atoms with Crippen molar-refractivity contribution in [2.45, 2.75) is 39.7 Å². The van der Waals surface area contributed by atoms with Crippen LogP contribution in [0.4, 0.5) is 4.79 Å². The first kappa shape index (κ1) is 23.8. The van der Waals surface area contributed by atoms with Crippen LogP contribution in [0.5, 0.6) is 0 Å². The Morgan fingerprint density at radius 2 is 1.65 bits per heavy atom. The minimum Gasteiger partial charge on any atom is -0.481 e. The SMILES string of the molecule is CC(NC(=O)OCC1c2ccccc2-c2ccccc21)C(C)C(=O)N1CC(C)C(C)(C(=O)O)C1. The molecule has 1 aliphatic heterocycles. The van der Waals surface area contributed by atoms with Gasteiger partial charge in [0.05, 0.1) is 11.3 Å². The molecule has 0 spiro atoms. The third kappa shape index (κ3) is 4.15. The van der Waals surface area contributed by atoms with Gasteiger partial charge in [0.1, 0.15) is 6.61 Å². The van der Waals surface area contributed by atoms with Gasteiger partial charge in [-0.25, -0.2) is 4.79 Å². The number of carbonyl (C=O) groups excluding carboxylic acids is 2. The molecule has 2 aliphatic rings. The fourth-order valence-corrected chi connectivity index (χ4v) is 5.05. The van der Waals surface area contributed by atoms with E-state index in [4.69, 9.17) is 4.74 Å². The van der Waals surface area contributed by atoms with Crippen molar-refractivity contribution < 1.29 is 24.2 Å². The number of nitrogens with one attached hydrogen (secondary N) is 1. The molecule has 2 amide bonds. The lowest BCUT2D eigenvalue weighted by Gasteiger charge is -2.27. The molecule has 1 aliphatic carbocycles. The Morgan fingerprint density at radius 1 is 1.09 bits per heavy atom. The Hall–Kier alpha value is -3.35. The van der Waals surface area contributed by atoms with Crippen LogP contribution in [0.3, 0.4) is 0 Å². The normalized spacial score (nSPS) is 23.1. The Kier molecular flexibility index (Phi) is 6.39. The molecule has 2 aromatic carbocycles. The summed E-state index contributed by atoms with van der Waals surface area (Å²) >= 11 is 0. The first-order valence-electron chi connectivity index (χ1n) is 11.8. The number of nitrogens with zero attached hydrogens (tertiary/aromatic N) is 1. The van der Waals surface area contributed by atoms with Crippen molar-refractivity contribution in [1.29, 1.82) is 0 Å². The lowest BCUT2D eigenvalue weighted by Crippen LogP contribution is -2.46. The third-order valence-corrected chi connectivity index (χ3v) is 7.73. The standard InChI is InChI=1S/C27H32N2O5/c1-16-13-29(15-27(16,4)25(31)32)24(30)17(2)18(3)28-26(33)34-14-23-21-11-7-5-9-19(21)20-10-6-8-12-22(20)23/h5-12,16-18,23H,13-15H2,1-4H3,(H,28,33)(H,31,32). The molecular formula is C27H32N2O5. The highest BCUT2D eigenvalue weighted by molar-refractivity contribution is 5.83. The van der Waals surface area contributed by atoms with Gasteiger partial charge >= 0.3 is 12.1 Å². The zero-order valence-corrected chi connectivity index (χ0v) is 20.1. The third-order valence-electron chi connectivity index (χ3n) is 7.73. The van der Waals surface area contributed by atoms with Crippen LogP contribution in [0.25, 0.3) is 11.1 Å². The molecule has 0 saturated carbocycles. The Bertz CT molecular complexity index is 1070. The number of likely N-dealkylation sites (tertiary alicyclic amines) is 1. The summed E-state index contributed by atoms with van der Waals surface area (Å²) in [6.07, 6.45) is -0.570. The summed E-state index contributed by atoms with van der Waals surface area (Å²) in [6, 6.07) is 15.8. The molecule has 1 heterocycles. The van der Waals surface area contributed by atoms with Crippen LogP contribution in [-0.2, 0) is 14.3 Å². The lowest BCUT2D eigenvalue weighted by atomic mass is 9.81. The van der Waals surface area contributed by atoms with E-state index in [2.05, 4.69) is 29.6 Å².